The molecular formula is C29H38N2O5S. The molecule has 0 bridgehead atoms. The summed E-state index contributed by atoms with van der Waals surface area (Å²) in [4.78, 5) is 27.7. The van der Waals surface area contributed by atoms with Gasteiger partial charge in [0.25, 0.3) is 5.91 Å². The van der Waals surface area contributed by atoms with Gasteiger partial charge >= 0.3 is 5.97 Å². The van der Waals surface area contributed by atoms with E-state index in [9.17, 15) is 23.1 Å². The van der Waals surface area contributed by atoms with Gasteiger partial charge in [-0.1, -0.05) is 44.2 Å². The van der Waals surface area contributed by atoms with Gasteiger partial charge < -0.3 is 10.4 Å². The number of aryl methyl sites for hydroxylation is 1. The van der Waals surface area contributed by atoms with Crippen molar-refractivity contribution in [3.05, 3.63) is 59.2 Å². The molecule has 7 nitrogen and oxygen atoms in total. The van der Waals surface area contributed by atoms with Gasteiger partial charge in [-0.2, -0.15) is 0 Å². The third-order valence-electron chi connectivity index (χ3n) is 8.09. The Kier molecular flexibility index (Phi) is 7.81. The summed E-state index contributed by atoms with van der Waals surface area (Å²) in [6.07, 6.45) is 4.56. The van der Waals surface area contributed by atoms with Crippen LogP contribution in [0.4, 0.5) is 0 Å². The topological polar surface area (TPSA) is 104 Å². The highest BCUT2D eigenvalue weighted by atomic mass is 32.2. The number of sulfone groups is 1. The lowest BCUT2D eigenvalue weighted by Crippen LogP contribution is -2.42. The lowest BCUT2D eigenvalue weighted by atomic mass is 9.93. The standard InChI is InChI=1S/C29H38N2O5S/c1-19(2)25-17-29(25)13-7-14-31(29)18-21-10-11-23(24(16-21)22-9-6-5-8-20(22)3)27(32)30-26(28(33)34)12-15-37(4,35)36/h5-6,8-11,16,19,25-26H,7,12-15,17-18H2,1-4H3,(H,30,32)(H,33,34)/t25-,26-,29?/m0/s1. The van der Waals surface area contributed by atoms with Crippen LogP contribution in [0.5, 0.6) is 0 Å². The zero-order valence-electron chi connectivity index (χ0n) is 22.2. The highest BCUT2D eigenvalue weighted by molar-refractivity contribution is 7.90. The minimum absolute atomic E-state index is 0.189. The molecule has 1 saturated carbocycles. The number of amides is 1. The fourth-order valence-electron chi connectivity index (χ4n) is 6.05. The third kappa shape index (κ3) is 6.07. The summed E-state index contributed by atoms with van der Waals surface area (Å²) in [7, 11) is -3.36. The van der Waals surface area contributed by atoms with Crippen molar-refractivity contribution in [1.82, 2.24) is 10.2 Å². The normalized spacial score (nSPS) is 22.4. The largest absolute Gasteiger partial charge is 0.480 e. The average Bonchev–Trinajstić information content (AvgIpc) is 3.43. The first-order valence-corrected chi connectivity index (χ1v) is 15.1. The number of aliphatic carboxylic acids is 1. The number of rotatable bonds is 10. The van der Waals surface area contributed by atoms with Crippen LogP contribution < -0.4 is 5.32 Å². The van der Waals surface area contributed by atoms with Crippen LogP contribution in [-0.2, 0) is 21.2 Å². The Bertz CT molecular complexity index is 1290. The van der Waals surface area contributed by atoms with E-state index in [1.807, 2.05) is 37.3 Å². The van der Waals surface area contributed by atoms with E-state index in [0.29, 0.717) is 17.0 Å². The number of carbonyl (C=O) groups is 2. The van der Waals surface area contributed by atoms with Crippen molar-refractivity contribution in [2.75, 3.05) is 18.6 Å². The molecule has 1 aliphatic heterocycles. The molecule has 1 spiro atoms. The smallest absolute Gasteiger partial charge is 0.326 e. The molecule has 0 aromatic heterocycles. The summed E-state index contributed by atoms with van der Waals surface area (Å²) in [6.45, 7) is 8.49. The van der Waals surface area contributed by atoms with E-state index < -0.39 is 27.8 Å². The monoisotopic (exact) mass is 526 g/mol. The Morgan fingerprint density at radius 1 is 1.16 bits per heavy atom. The van der Waals surface area contributed by atoms with Crippen LogP contribution in [0.15, 0.2) is 42.5 Å². The van der Waals surface area contributed by atoms with Crippen molar-refractivity contribution >= 4 is 21.7 Å². The molecule has 4 rings (SSSR count). The molecule has 200 valence electrons. The molecule has 1 aliphatic carbocycles. The van der Waals surface area contributed by atoms with Gasteiger partial charge in [0.1, 0.15) is 15.9 Å². The summed E-state index contributed by atoms with van der Waals surface area (Å²) in [6, 6.07) is 12.3. The summed E-state index contributed by atoms with van der Waals surface area (Å²) in [5.74, 6) is -0.696. The van der Waals surface area contributed by atoms with Gasteiger partial charge in [0.2, 0.25) is 0 Å². The second-order valence-electron chi connectivity index (χ2n) is 11.2. The van der Waals surface area contributed by atoms with Crippen LogP contribution in [0.1, 0.15) is 61.0 Å². The molecule has 1 amide bonds. The van der Waals surface area contributed by atoms with E-state index in [-0.39, 0.29) is 12.2 Å². The summed E-state index contributed by atoms with van der Waals surface area (Å²) in [5.41, 5.74) is 4.50. The lowest BCUT2D eigenvalue weighted by molar-refractivity contribution is -0.139. The van der Waals surface area contributed by atoms with Gasteiger partial charge in [-0.05, 0) is 85.4 Å². The number of hydrogen-bond donors (Lipinski definition) is 2. The number of hydrogen-bond acceptors (Lipinski definition) is 5. The van der Waals surface area contributed by atoms with Gasteiger partial charge in [-0.15, -0.1) is 0 Å². The zero-order valence-corrected chi connectivity index (χ0v) is 23.0. The van der Waals surface area contributed by atoms with E-state index >= 15 is 0 Å². The van der Waals surface area contributed by atoms with Crippen molar-refractivity contribution in [2.24, 2.45) is 11.8 Å². The fraction of sp³-hybridized carbons (Fsp3) is 0.517. The first-order valence-electron chi connectivity index (χ1n) is 13.1. The molecule has 2 aromatic carbocycles. The Labute approximate surface area is 220 Å². The van der Waals surface area contributed by atoms with Gasteiger partial charge in [-0.3, -0.25) is 9.69 Å². The van der Waals surface area contributed by atoms with E-state index in [1.54, 1.807) is 6.07 Å². The maximum absolute atomic E-state index is 13.3. The maximum Gasteiger partial charge on any atom is 0.326 e. The molecular weight excluding hydrogens is 488 g/mol. The Hall–Kier alpha value is -2.71. The highest BCUT2D eigenvalue weighted by Crippen LogP contribution is 2.58. The number of carboxylic acid groups (broad SMARTS) is 1. The zero-order chi connectivity index (χ0) is 27.0. The molecule has 1 unspecified atom stereocenters. The van der Waals surface area contributed by atoms with E-state index in [1.165, 1.54) is 19.3 Å². The molecule has 1 saturated heterocycles. The van der Waals surface area contributed by atoms with Crippen LogP contribution in [0.3, 0.4) is 0 Å². The minimum atomic E-state index is -3.36. The van der Waals surface area contributed by atoms with Crippen LogP contribution >= 0.6 is 0 Å². The summed E-state index contributed by atoms with van der Waals surface area (Å²) < 4.78 is 23.1. The lowest BCUT2D eigenvalue weighted by Gasteiger charge is -2.27. The van der Waals surface area contributed by atoms with E-state index in [0.717, 1.165) is 47.5 Å². The fourth-order valence-corrected chi connectivity index (χ4v) is 6.72. The molecule has 8 heteroatoms. The minimum Gasteiger partial charge on any atom is -0.480 e. The number of benzene rings is 2. The van der Waals surface area contributed by atoms with Crippen LogP contribution in [-0.4, -0.2) is 60.4 Å². The van der Waals surface area contributed by atoms with Crippen molar-refractivity contribution in [3.63, 3.8) is 0 Å². The van der Waals surface area contributed by atoms with Crippen molar-refractivity contribution < 1.29 is 23.1 Å². The number of carboxylic acids is 1. The van der Waals surface area contributed by atoms with E-state index in [2.05, 4.69) is 30.1 Å². The number of nitrogens with zero attached hydrogens (tertiary/aromatic N) is 1. The Morgan fingerprint density at radius 2 is 1.89 bits per heavy atom. The molecule has 0 radical (unpaired) electrons. The first-order chi connectivity index (χ1) is 17.4. The SMILES string of the molecule is Cc1ccccc1-c1cc(CN2CCCC23C[C@H]3C(C)C)ccc1C(=O)N[C@@H](CCS(C)(=O)=O)C(=O)O. The number of likely N-dealkylation sites (tertiary alicyclic amines) is 1. The van der Waals surface area contributed by atoms with Gasteiger partial charge in [0.05, 0.1) is 5.75 Å². The maximum atomic E-state index is 13.3. The Morgan fingerprint density at radius 3 is 2.51 bits per heavy atom. The first kappa shape index (κ1) is 27.3. The molecule has 1 heterocycles. The predicted molar refractivity (Wildman–Crippen MR) is 145 cm³/mol. The predicted octanol–water partition coefficient (Wildman–Crippen LogP) is 4.29. The molecule has 2 aromatic rings. The Balaban J connectivity index is 1.63. The van der Waals surface area contributed by atoms with Crippen LogP contribution in [0, 0.1) is 18.8 Å². The quantitative estimate of drug-likeness (QED) is 0.479. The van der Waals surface area contributed by atoms with Gasteiger partial charge in [0, 0.05) is 23.9 Å². The van der Waals surface area contributed by atoms with E-state index in [4.69, 9.17) is 0 Å². The summed E-state index contributed by atoms with van der Waals surface area (Å²) >= 11 is 0. The van der Waals surface area contributed by atoms with Crippen LogP contribution in [0.25, 0.3) is 11.1 Å². The van der Waals surface area contributed by atoms with Gasteiger partial charge in [0.15, 0.2) is 0 Å². The molecule has 37 heavy (non-hydrogen) atoms. The average molecular weight is 527 g/mol. The molecule has 2 N–H and O–H groups in total. The van der Waals surface area contributed by atoms with Crippen molar-refractivity contribution in [1.29, 1.82) is 0 Å². The highest BCUT2D eigenvalue weighted by Gasteiger charge is 2.60. The molecule has 2 aliphatic rings. The van der Waals surface area contributed by atoms with Crippen LogP contribution in [0.2, 0.25) is 0 Å². The second-order valence-corrected chi connectivity index (χ2v) is 13.4. The second kappa shape index (κ2) is 10.6. The van der Waals surface area contributed by atoms with Crippen molar-refractivity contribution in [3.8, 4) is 11.1 Å². The number of carbonyl (C=O) groups excluding carboxylic acids is 1. The molecule has 2 fully saturated rings. The number of nitrogens with one attached hydrogen (secondary N) is 1. The van der Waals surface area contributed by atoms with Crippen molar-refractivity contribution in [2.45, 2.75) is 64.6 Å². The summed E-state index contributed by atoms with van der Waals surface area (Å²) in [5, 5.41) is 12.2. The molecule has 3 atom stereocenters. The van der Waals surface area contributed by atoms with Gasteiger partial charge in [-0.25, -0.2) is 13.2 Å². The third-order valence-corrected chi connectivity index (χ3v) is 9.07.